The predicted molar refractivity (Wildman–Crippen MR) is 116 cm³/mol. The summed E-state index contributed by atoms with van der Waals surface area (Å²) in [5.74, 6) is 1.08. The molecule has 1 aliphatic heterocycles. The number of halogens is 1. The third-order valence-corrected chi connectivity index (χ3v) is 7.00. The van der Waals surface area contributed by atoms with Crippen molar-refractivity contribution in [3.05, 3.63) is 51.7 Å². The standard InChI is InChI=1S/C21H20ClN5OS/c1-11-12(2)29-20(24-11)26-21(28)27-18-5-3-4-15(18)16-6-7-17(25-19(16)27)13-8-14(22)10-23-9-13/h6-10,15,18H,3-5H2,1-2H3,(H,24,26,28). The molecule has 8 heteroatoms. The lowest BCUT2D eigenvalue weighted by molar-refractivity contribution is 0.255. The zero-order valence-electron chi connectivity index (χ0n) is 16.1. The Labute approximate surface area is 178 Å². The Kier molecular flexibility index (Phi) is 4.52. The van der Waals surface area contributed by atoms with E-state index in [-0.39, 0.29) is 12.1 Å². The molecule has 6 nitrogen and oxygen atoms in total. The monoisotopic (exact) mass is 425 g/mol. The summed E-state index contributed by atoms with van der Waals surface area (Å²) in [4.78, 5) is 29.7. The van der Waals surface area contributed by atoms with Crippen LogP contribution in [0.15, 0.2) is 30.6 Å². The van der Waals surface area contributed by atoms with Crippen molar-refractivity contribution in [2.24, 2.45) is 0 Å². The zero-order valence-corrected chi connectivity index (χ0v) is 17.7. The van der Waals surface area contributed by atoms with Crippen LogP contribution in [-0.4, -0.2) is 27.0 Å². The number of anilines is 2. The van der Waals surface area contributed by atoms with Gasteiger partial charge < -0.3 is 0 Å². The molecule has 29 heavy (non-hydrogen) atoms. The Balaban J connectivity index is 1.52. The number of nitrogens with zero attached hydrogens (tertiary/aromatic N) is 4. The smallest absolute Gasteiger partial charge is 0.283 e. The van der Waals surface area contributed by atoms with E-state index >= 15 is 0 Å². The molecule has 5 rings (SSSR count). The van der Waals surface area contributed by atoms with Crippen LogP contribution >= 0.6 is 22.9 Å². The molecule has 1 fully saturated rings. The van der Waals surface area contributed by atoms with Gasteiger partial charge in [0.2, 0.25) is 0 Å². The van der Waals surface area contributed by atoms with Gasteiger partial charge in [-0.05, 0) is 38.8 Å². The minimum atomic E-state index is -0.164. The van der Waals surface area contributed by atoms with Crippen LogP contribution in [0.3, 0.4) is 0 Å². The lowest BCUT2D eigenvalue weighted by atomic mass is 9.98. The van der Waals surface area contributed by atoms with Crippen molar-refractivity contribution in [1.29, 1.82) is 0 Å². The Morgan fingerprint density at radius 1 is 1.24 bits per heavy atom. The lowest BCUT2D eigenvalue weighted by Crippen LogP contribution is -2.40. The number of urea groups is 1. The fourth-order valence-corrected chi connectivity index (χ4v) is 5.33. The molecule has 0 bridgehead atoms. The van der Waals surface area contributed by atoms with Crippen LogP contribution in [0.25, 0.3) is 11.3 Å². The number of nitrogens with one attached hydrogen (secondary N) is 1. The summed E-state index contributed by atoms with van der Waals surface area (Å²) in [6, 6.07) is 5.92. The molecular weight excluding hydrogens is 406 g/mol. The minimum Gasteiger partial charge on any atom is -0.283 e. The molecule has 1 N–H and O–H groups in total. The van der Waals surface area contributed by atoms with Gasteiger partial charge in [0.25, 0.3) is 0 Å². The van der Waals surface area contributed by atoms with E-state index in [1.807, 2.05) is 30.9 Å². The molecule has 0 radical (unpaired) electrons. The number of hydrogen-bond acceptors (Lipinski definition) is 5. The number of rotatable bonds is 2. The van der Waals surface area contributed by atoms with Gasteiger partial charge in [-0.1, -0.05) is 24.1 Å². The van der Waals surface area contributed by atoms with Gasteiger partial charge in [-0.3, -0.25) is 15.2 Å². The van der Waals surface area contributed by atoms with Crippen LogP contribution in [0.5, 0.6) is 0 Å². The Morgan fingerprint density at radius 2 is 2.10 bits per heavy atom. The molecule has 2 aliphatic rings. The summed E-state index contributed by atoms with van der Waals surface area (Å²) in [6.07, 6.45) is 6.52. The third kappa shape index (κ3) is 3.18. The summed E-state index contributed by atoms with van der Waals surface area (Å²) in [6.45, 7) is 3.96. The number of hydrogen-bond donors (Lipinski definition) is 1. The first-order chi connectivity index (χ1) is 14.0. The number of amides is 2. The second-order valence-corrected chi connectivity index (χ2v) is 9.21. The van der Waals surface area contributed by atoms with Crippen LogP contribution in [0, 0.1) is 13.8 Å². The first-order valence-corrected chi connectivity index (χ1v) is 10.9. The van der Waals surface area contributed by atoms with Crippen LogP contribution in [0.2, 0.25) is 5.02 Å². The van der Waals surface area contributed by atoms with Gasteiger partial charge in [-0.15, -0.1) is 11.3 Å². The van der Waals surface area contributed by atoms with Gasteiger partial charge in [0.15, 0.2) is 5.13 Å². The van der Waals surface area contributed by atoms with Gasteiger partial charge in [0, 0.05) is 40.4 Å². The number of carbonyl (C=O) groups excluding carboxylic acids is 1. The maximum atomic E-state index is 13.3. The normalized spacial score (nSPS) is 19.9. The average Bonchev–Trinajstić information content (AvgIpc) is 3.35. The number of aryl methyl sites for hydroxylation is 2. The van der Waals surface area contributed by atoms with Gasteiger partial charge in [0.1, 0.15) is 5.82 Å². The highest BCUT2D eigenvalue weighted by atomic mass is 35.5. The molecule has 0 saturated heterocycles. The molecule has 1 aliphatic carbocycles. The molecule has 2 unspecified atom stereocenters. The topological polar surface area (TPSA) is 71.0 Å². The van der Waals surface area contributed by atoms with E-state index in [0.29, 0.717) is 16.1 Å². The van der Waals surface area contributed by atoms with Crippen molar-refractivity contribution >= 4 is 39.9 Å². The summed E-state index contributed by atoms with van der Waals surface area (Å²) in [5.41, 5.74) is 3.69. The third-order valence-electron chi connectivity index (χ3n) is 5.81. The number of aromatic nitrogens is 3. The number of fused-ring (bicyclic) bond motifs is 3. The molecule has 2 amide bonds. The van der Waals surface area contributed by atoms with E-state index in [2.05, 4.69) is 21.4 Å². The van der Waals surface area contributed by atoms with E-state index in [0.717, 1.165) is 52.5 Å². The van der Waals surface area contributed by atoms with E-state index in [4.69, 9.17) is 16.6 Å². The number of thiazole rings is 1. The first kappa shape index (κ1) is 18.5. The van der Waals surface area contributed by atoms with E-state index < -0.39 is 0 Å². The molecule has 148 valence electrons. The molecule has 3 aromatic heterocycles. The zero-order chi connectivity index (χ0) is 20.1. The molecule has 2 atom stereocenters. The second kappa shape index (κ2) is 7.07. The highest BCUT2D eigenvalue weighted by Gasteiger charge is 2.45. The highest BCUT2D eigenvalue weighted by molar-refractivity contribution is 7.15. The average molecular weight is 426 g/mol. The molecule has 4 heterocycles. The maximum absolute atomic E-state index is 13.3. The van der Waals surface area contributed by atoms with Gasteiger partial charge in [-0.25, -0.2) is 14.8 Å². The highest BCUT2D eigenvalue weighted by Crippen LogP contribution is 2.49. The van der Waals surface area contributed by atoms with E-state index in [9.17, 15) is 4.79 Å². The summed E-state index contributed by atoms with van der Waals surface area (Å²) in [5, 5.41) is 4.18. The fraction of sp³-hybridized carbons (Fsp3) is 0.333. The summed E-state index contributed by atoms with van der Waals surface area (Å²) in [7, 11) is 0. The maximum Gasteiger partial charge on any atom is 0.329 e. The van der Waals surface area contributed by atoms with Crippen LogP contribution in [0.4, 0.5) is 15.7 Å². The van der Waals surface area contributed by atoms with Crippen molar-refractivity contribution in [1.82, 2.24) is 15.0 Å². The lowest BCUT2D eigenvalue weighted by Gasteiger charge is -2.23. The Hall–Kier alpha value is -2.51. The minimum absolute atomic E-state index is 0.146. The van der Waals surface area contributed by atoms with Crippen molar-refractivity contribution in [3.8, 4) is 11.3 Å². The molecule has 3 aromatic rings. The van der Waals surface area contributed by atoms with Gasteiger partial charge in [0.05, 0.1) is 16.4 Å². The quantitative estimate of drug-likeness (QED) is 0.583. The van der Waals surface area contributed by atoms with Crippen molar-refractivity contribution in [3.63, 3.8) is 0 Å². The van der Waals surface area contributed by atoms with Crippen LogP contribution in [0.1, 0.15) is 41.3 Å². The molecule has 0 spiro atoms. The van der Waals surface area contributed by atoms with Gasteiger partial charge >= 0.3 is 6.03 Å². The second-order valence-electron chi connectivity index (χ2n) is 7.57. The number of pyridine rings is 2. The molecular formula is C21H20ClN5OS. The molecule has 0 aromatic carbocycles. The molecule has 1 saturated carbocycles. The SMILES string of the molecule is Cc1nc(NC(=O)N2c3nc(-c4cncc(Cl)c4)ccc3C3CCCC32)sc1C. The predicted octanol–water partition coefficient (Wildman–Crippen LogP) is 5.56. The van der Waals surface area contributed by atoms with Crippen molar-refractivity contribution in [2.45, 2.75) is 45.1 Å². The van der Waals surface area contributed by atoms with Crippen molar-refractivity contribution in [2.75, 3.05) is 10.2 Å². The largest absolute Gasteiger partial charge is 0.329 e. The van der Waals surface area contributed by atoms with Crippen LogP contribution in [-0.2, 0) is 0 Å². The summed E-state index contributed by atoms with van der Waals surface area (Å²) < 4.78 is 0. The summed E-state index contributed by atoms with van der Waals surface area (Å²) >= 11 is 7.60. The van der Waals surface area contributed by atoms with Crippen molar-refractivity contribution < 1.29 is 4.79 Å². The van der Waals surface area contributed by atoms with E-state index in [1.54, 1.807) is 12.4 Å². The Morgan fingerprint density at radius 3 is 2.86 bits per heavy atom. The fourth-order valence-electron chi connectivity index (χ4n) is 4.35. The number of carbonyl (C=O) groups is 1. The van der Waals surface area contributed by atoms with Gasteiger partial charge in [-0.2, -0.15) is 0 Å². The van der Waals surface area contributed by atoms with Crippen LogP contribution < -0.4 is 10.2 Å². The van der Waals surface area contributed by atoms with E-state index in [1.165, 1.54) is 11.3 Å². The Bertz CT molecular complexity index is 1090. The first-order valence-electron chi connectivity index (χ1n) is 9.67.